The Kier molecular flexibility index (Phi) is 9.78. The van der Waals surface area contributed by atoms with Crippen molar-refractivity contribution in [2.75, 3.05) is 0 Å². The monoisotopic (exact) mass is 284 g/mol. The van der Waals surface area contributed by atoms with Crippen molar-refractivity contribution in [1.82, 2.24) is 0 Å². The molecule has 0 N–H and O–H groups in total. The third kappa shape index (κ3) is 8.20. The van der Waals surface area contributed by atoms with Crippen LogP contribution in [0.3, 0.4) is 0 Å². The first-order valence-electron chi connectivity index (χ1n) is 7.52. The second-order valence-electron chi connectivity index (χ2n) is 5.23. The predicted molar refractivity (Wildman–Crippen MR) is 88.0 cm³/mol. The minimum atomic E-state index is 0.642. The smallest absolute Gasteiger partial charge is 0.00168 e. The summed E-state index contributed by atoms with van der Waals surface area (Å²) in [5.74, 6) is 0. The highest BCUT2D eigenvalue weighted by molar-refractivity contribution is 7.80. The molecule has 0 fully saturated rings. The molecule has 0 saturated carbocycles. The maximum atomic E-state index is 4.70. The first-order valence-corrected chi connectivity index (χ1v) is 8.98. The summed E-state index contributed by atoms with van der Waals surface area (Å²) in [6.45, 7) is 2.27. The quantitative estimate of drug-likeness (QED) is 0.367. The van der Waals surface area contributed by atoms with Gasteiger partial charge in [-0.15, -0.1) is 0 Å². The third-order valence-electron chi connectivity index (χ3n) is 3.47. The highest BCUT2D eigenvalue weighted by Gasteiger charge is 2.02. The molecule has 1 heterocycles. The lowest BCUT2D eigenvalue weighted by molar-refractivity contribution is 0.568. The maximum Gasteiger partial charge on any atom is 0.00168 e. The molecule has 104 valence electrons. The van der Waals surface area contributed by atoms with E-state index in [0.29, 0.717) is 5.25 Å². The van der Waals surface area contributed by atoms with Crippen LogP contribution in [0.2, 0.25) is 0 Å². The summed E-state index contributed by atoms with van der Waals surface area (Å²) < 4.78 is 0. The minimum Gasteiger partial charge on any atom is -0.176 e. The second kappa shape index (κ2) is 10.9. The molecular formula is C16H28S2. The van der Waals surface area contributed by atoms with Gasteiger partial charge >= 0.3 is 0 Å². The van der Waals surface area contributed by atoms with Crippen LogP contribution in [-0.2, 0) is 6.42 Å². The lowest BCUT2D eigenvalue weighted by Crippen LogP contribution is -1.98. The molecule has 0 bridgehead atoms. The van der Waals surface area contributed by atoms with E-state index in [0.717, 1.165) is 0 Å². The van der Waals surface area contributed by atoms with Gasteiger partial charge in [0, 0.05) is 5.25 Å². The molecule has 1 aromatic rings. The van der Waals surface area contributed by atoms with E-state index in [1.807, 2.05) is 11.3 Å². The van der Waals surface area contributed by atoms with E-state index in [2.05, 4.69) is 23.8 Å². The summed E-state index contributed by atoms with van der Waals surface area (Å²) in [5.41, 5.74) is 1.52. The van der Waals surface area contributed by atoms with Crippen molar-refractivity contribution >= 4 is 24.0 Å². The van der Waals surface area contributed by atoms with Crippen molar-refractivity contribution in [1.29, 1.82) is 0 Å². The SMILES string of the molecule is CCCCCCC(S)CCCCCc1ccsc1. The van der Waals surface area contributed by atoms with Crippen molar-refractivity contribution < 1.29 is 0 Å². The predicted octanol–water partition coefficient (Wildman–Crippen LogP) is 6.12. The van der Waals surface area contributed by atoms with Gasteiger partial charge in [-0.1, -0.05) is 45.4 Å². The van der Waals surface area contributed by atoms with Crippen molar-refractivity contribution in [3.8, 4) is 0 Å². The molecule has 0 radical (unpaired) electrons. The van der Waals surface area contributed by atoms with Crippen molar-refractivity contribution in [3.05, 3.63) is 22.4 Å². The van der Waals surface area contributed by atoms with Crippen LogP contribution in [0.25, 0.3) is 0 Å². The summed E-state index contributed by atoms with van der Waals surface area (Å²) in [6, 6.07) is 2.25. The summed E-state index contributed by atoms with van der Waals surface area (Å²) in [5, 5.41) is 5.09. The zero-order valence-corrected chi connectivity index (χ0v) is 13.4. The van der Waals surface area contributed by atoms with Gasteiger partial charge in [-0.25, -0.2) is 0 Å². The lowest BCUT2D eigenvalue weighted by Gasteiger charge is -2.09. The van der Waals surface area contributed by atoms with Gasteiger partial charge in [-0.2, -0.15) is 24.0 Å². The number of rotatable bonds is 11. The van der Waals surface area contributed by atoms with Crippen LogP contribution < -0.4 is 0 Å². The maximum absolute atomic E-state index is 4.70. The van der Waals surface area contributed by atoms with Gasteiger partial charge in [-0.05, 0) is 48.1 Å². The molecule has 0 nitrogen and oxygen atoms in total. The molecule has 1 aromatic heterocycles. The molecule has 0 aliphatic heterocycles. The van der Waals surface area contributed by atoms with Gasteiger partial charge in [0.15, 0.2) is 0 Å². The summed E-state index contributed by atoms with van der Waals surface area (Å²) in [7, 11) is 0. The molecule has 1 unspecified atom stereocenters. The van der Waals surface area contributed by atoms with Crippen LogP contribution in [0.15, 0.2) is 16.8 Å². The molecular weight excluding hydrogens is 256 g/mol. The van der Waals surface area contributed by atoms with Gasteiger partial charge in [-0.3, -0.25) is 0 Å². The first-order chi connectivity index (χ1) is 8.83. The zero-order valence-electron chi connectivity index (χ0n) is 11.7. The Hall–Kier alpha value is 0.0500. The minimum absolute atomic E-state index is 0.642. The molecule has 1 atom stereocenters. The van der Waals surface area contributed by atoms with E-state index in [1.165, 1.54) is 69.8 Å². The van der Waals surface area contributed by atoms with E-state index in [-0.39, 0.29) is 0 Å². The molecule has 0 aliphatic carbocycles. The van der Waals surface area contributed by atoms with E-state index in [4.69, 9.17) is 12.6 Å². The fourth-order valence-electron chi connectivity index (χ4n) is 2.27. The van der Waals surface area contributed by atoms with Gasteiger partial charge in [0.05, 0.1) is 0 Å². The number of hydrogen-bond acceptors (Lipinski definition) is 2. The zero-order chi connectivity index (χ0) is 13.1. The first kappa shape index (κ1) is 16.1. The van der Waals surface area contributed by atoms with Crippen molar-refractivity contribution in [2.24, 2.45) is 0 Å². The molecule has 0 saturated heterocycles. The van der Waals surface area contributed by atoms with E-state index >= 15 is 0 Å². The molecule has 0 spiro atoms. The average molecular weight is 285 g/mol. The Labute approximate surface area is 123 Å². The topological polar surface area (TPSA) is 0 Å². The van der Waals surface area contributed by atoms with E-state index < -0.39 is 0 Å². The van der Waals surface area contributed by atoms with Crippen LogP contribution in [0.1, 0.15) is 70.3 Å². The molecule has 0 aliphatic rings. The molecule has 18 heavy (non-hydrogen) atoms. The van der Waals surface area contributed by atoms with Crippen LogP contribution in [0, 0.1) is 0 Å². The largest absolute Gasteiger partial charge is 0.176 e. The van der Waals surface area contributed by atoms with E-state index in [9.17, 15) is 0 Å². The van der Waals surface area contributed by atoms with Crippen LogP contribution in [-0.4, -0.2) is 5.25 Å². The highest BCUT2D eigenvalue weighted by atomic mass is 32.1. The summed E-state index contributed by atoms with van der Waals surface area (Å²) >= 11 is 6.50. The highest BCUT2D eigenvalue weighted by Crippen LogP contribution is 2.17. The molecule has 0 aromatic carbocycles. The van der Waals surface area contributed by atoms with Gasteiger partial charge in [0.1, 0.15) is 0 Å². The van der Waals surface area contributed by atoms with Crippen LogP contribution in [0.4, 0.5) is 0 Å². The fourth-order valence-corrected chi connectivity index (χ4v) is 3.34. The standard InChI is InChI=1S/C16H28S2/c1-2-3-4-7-10-16(17)11-8-5-6-9-15-12-13-18-14-15/h12-14,16-17H,2-11H2,1H3. The number of thiol groups is 1. The third-order valence-corrected chi connectivity index (χ3v) is 4.72. The van der Waals surface area contributed by atoms with Gasteiger partial charge in [0.25, 0.3) is 0 Å². The number of hydrogen-bond donors (Lipinski definition) is 1. The number of unbranched alkanes of at least 4 members (excludes halogenated alkanes) is 5. The van der Waals surface area contributed by atoms with Crippen molar-refractivity contribution in [3.63, 3.8) is 0 Å². The molecule has 2 heteroatoms. The Morgan fingerprint density at radius 1 is 1.06 bits per heavy atom. The Balaban J connectivity index is 1.87. The Morgan fingerprint density at radius 3 is 2.39 bits per heavy atom. The van der Waals surface area contributed by atoms with Crippen molar-refractivity contribution in [2.45, 2.75) is 76.4 Å². The van der Waals surface area contributed by atoms with Crippen LogP contribution in [0.5, 0.6) is 0 Å². The molecule has 0 amide bonds. The summed E-state index contributed by atoms with van der Waals surface area (Å²) in [6.07, 6.45) is 13.4. The van der Waals surface area contributed by atoms with E-state index in [1.54, 1.807) is 0 Å². The number of aryl methyl sites for hydroxylation is 1. The summed E-state index contributed by atoms with van der Waals surface area (Å²) in [4.78, 5) is 0. The van der Waals surface area contributed by atoms with Crippen LogP contribution >= 0.6 is 24.0 Å². The fraction of sp³-hybridized carbons (Fsp3) is 0.750. The Bertz CT molecular complexity index is 267. The average Bonchev–Trinajstić information content (AvgIpc) is 2.87. The lowest BCUT2D eigenvalue weighted by atomic mass is 10.0. The van der Waals surface area contributed by atoms with Gasteiger partial charge in [0.2, 0.25) is 0 Å². The Morgan fingerprint density at radius 2 is 1.78 bits per heavy atom. The normalized spacial score (nSPS) is 12.8. The second-order valence-corrected chi connectivity index (χ2v) is 6.74. The van der Waals surface area contributed by atoms with Gasteiger partial charge < -0.3 is 0 Å². The number of thiophene rings is 1. The molecule has 1 rings (SSSR count).